The smallest absolute Gasteiger partial charge is 0.224 e. The summed E-state index contributed by atoms with van der Waals surface area (Å²) in [7, 11) is 0. The maximum Gasteiger partial charge on any atom is 0.224 e. The molecule has 0 bridgehead atoms. The van der Waals surface area contributed by atoms with Crippen LogP contribution in [-0.4, -0.2) is 23.1 Å². The zero-order valence-corrected chi connectivity index (χ0v) is 9.89. The van der Waals surface area contributed by atoms with E-state index in [1.807, 2.05) is 13.8 Å². The molecule has 1 aromatic rings. The van der Waals surface area contributed by atoms with Crippen LogP contribution in [0.2, 0.25) is 5.28 Å². The van der Waals surface area contributed by atoms with Crippen molar-refractivity contribution in [2.45, 2.75) is 27.7 Å². The first kappa shape index (κ1) is 11.2. The van der Waals surface area contributed by atoms with Crippen LogP contribution in [0.25, 0.3) is 0 Å². The van der Waals surface area contributed by atoms with Crippen LogP contribution >= 0.6 is 11.6 Å². The predicted molar refractivity (Wildman–Crippen MR) is 60.1 cm³/mol. The van der Waals surface area contributed by atoms with Crippen molar-refractivity contribution in [2.24, 2.45) is 0 Å². The third kappa shape index (κ3) is 2.15. The lowest BCUT2D eigenvalue weighted by Gasteiger charge is -2.22. The number of aryl methyl sites for hydroxylation is 1. The van der Waals surface area contributed by atoms with E-state index < -0.39 is 0 Å². The lowest BCUT2D eigenvalue weighted by molar-refractivity contribution is 0.830. The van der Waals surface area contributed by atoms with Crippen molar-refractivity contribution >= 4 is 17.4 Å². The molecule has 1 aromatic heterocycles. The topological polar surface area (TPSA) is 29.0 Å². The summed E-state index contributed by atoms with van der Waals surface area (Å²) in [6.07, 6.45) is 0. The summed E-state index contributed by atoms with van der Waals surface area (Å²) in [4.78, 5) is 10.5. The van der Waals surface area contributed by atoms with Crippen LogP contribution in [0.4, 0.5) is 5.82 Å². The van der Waals surface area contributed by atoms with Crippen molar-refractivity contribution in [3.05, 3.63) is 16.5 Å². The van der Waals surface area contributed by atoms with E-state index in [1.165, 1.54) is 0 Å². The Morgan fingerprint density at radius 2 is 1.71 bits per heavy atom. The van der Waals surface area contributed by atoms with E-state index >= 15 is 0 Å². The molecule has 78 valence electrons. The fraction of sp³-hybridized carbons (Fsp3) is 0.600. The van der Waals surface area contributed by atoms with Crippen molar-refractivity contribution in [2.75, 3.05) is 18.0 Å². The van der Waals surface area contributed by atoms with Gasteiger partial charge in [0.15, 0.2) is 0 Å². The fourth-order valence-electron chi connectivity index (χ4n) is 1.41. The van der Waals surface area contributed by atoms with E-state index in [1.54, 1.807) is 0 Å². The third-order valence-corrected chi connectivity index (χ3v) is 2.57. The average Bonchev–Trinajstić information content (AvgIpc) is 2.15. The molecule has 0 saturated heterocycles. The highest BCUT2D eigenvalue weighted by atomic mass is 35.5. The highest BCUT2D eigenvalue weighted by Crippen LogP contribution is 2.20. The van der Waals surface area contributed by atoms with Crippen LogP contribution in [0.3, 0.4) is 0 Å². The Morgan fingerprint density at radius 3 is 2.21 bits per heavy atom. The Bertz CT molecular complexity index is 321. The van der Waals surface area contributed by atoms with Crippen LogP contribution in [0, 0.1) is 13.8 Å². The first-order chi connectivity index (χ1) is 6.60. The standard InChI is InChI=1S/C10H16ClN3/c1-5-14(6-2)9-7(3)8(4)12-10(11)13-9/h5-6H2,1-4H3. The van der Waals surface area contributed by atoms with Gasteiger partial charge in [0.1, 0.15) is 5.82 Å². The molecule has 14 heavy (non-hydrogen) atoms. The molecule has 1 rings (SSSR count). The van der Waals surface area contributed by atoms with Gasteiger partial charge in [-0.3, -0.25) is 0 Å². The summed E-state index contributed by atoms with van der Waals surface area (Å²) in [5.41, 5.74) is 2.06. The minimum atomic E-state index is 0.329. The molecule has 0 fully saturated rings. The van der Waals surface area contributed by atoms with Crippen LogP contribution < -0.4 is 4.90 Å². The number of anilines is 1. The van der Waals surface area contributed by atoms with E-state index in [2.05, 4.69) is 28.7 Å². The molecule has 1 heterocycles. The lowest BCUT2D eigenvalue weighted by Crippen LogP contribution is -2.24. The van der Waals surface area contributed by atoms with Gasteiger partial charge in [-0.25, -0.2) is 9.97 Å². The summed E-state index contributed by atoms with van der Waals surface area (Å²) in [6, 6.07) is 0. The number of hydrogen-bond donors (Lipinski definition) is 0. The predicted octanol–water partition coefficient (Wildman–Crippen LogP) is 2.59. The maximum absolute atomic E-state index is 5.83. The summed E-state index contributed by atoms with van der Waals surface area (Å²) < 4.78 is 0. The van der Waals surface area contributed by atoms with Crippen LogP contribution in [0.15, 0.2) is 0 Å². The SMILES string of the molecule is CCN(CC)c1nc(Cl)nc(C)c1C. The first-order valence-electron chi connectivity index (χ1n) is 4.85. The molecular formula is C10H16ClN3. The molecule has 0 aliphatic heterocycles. The van der Waals surface area contributed by atoms with E-state index in [0.29, 0.717) is 5.28 Å². The Morgan fingerprint density at radius 1 is 1.14 bits per heavy atom. The van der Waals surface area contributed by atoms with Gasteiger partial charge in [0.05, 0.1) is 0 Å². The second-order valence-electron chi connectivity index (χ2n) is 3.20. The molecule has 0 saturated carbocycles. The summed E-state index contributed by atoms with van der Waals surface area (Å²) in [6.45, 7) is 10.1. The Labute approximate surface area is 90.1 Å². The normalized spacial score (nSPS) is 10.4. The molecule has 3 nitrogen and oxygen atoms in total. The molecule has 0 aliphatic carbocycles. The van der Waals surface area contributed by atoms with Gasteiger partial charge in [0.2, 0.25) is 5.28 Å². The number of hydrogen-bond acceptors (Lipinski definition) is 3. The number of rotatable bonds is 3. The van der Waals surface area contributed by atoms with E-state index in [4.69, 9.17) is 11.6 Å². The van der Waals surface area contributed by atoms with Gasteiger partial charge in [-0.1, -0.05) is 0 Å². The van der Waals surface area contributed by atoms with Crippen LogP contribution in [-0.2, 0) is 0 Å². The van der Waals surface area contributed by atoms with Gasteiger partial charge in [0, 0.05) is 24.3 Å². The van der Waals surface area contributed by atoms with Crippen LogP contribution in [0.5, 0.6) is 0 Å². The molecule has 0 amide bonds. The summed E-state index contributed by atoms with van der Waals surface area (Å²) in [5, 5.41) is 0.329. The minimum Gasteiger partial charge on any atom is -0.357 e. The second kappa shape index (κ2) is 4.60. The molecule has 0 aromatic carbocycles. The van der Waals surface area contributed by atoms with Crippen molar-refractivity contribution in [1.82, 2.24) is 9.97 Å². The largest absolute Gasteiger partial charge is 0.357 e. The maximum atomic E-state index is 5.83. The molecule has 0 N–H and O–H groups in total. The van der Waals surface area contributed by atoms with Gasteiger partial charge in [-0.2, -0.15) is 0 Å². The number of nitrogens with zero attached hydrogens (tertiary/aromatic N) is 3. The molecule has 0 atom stereocenters. The van der Waals surface area contributed by atoms with Crippen molar-refractivity contribution < 1.29 is 0 Å². The number of aromatic nitrogens is 2. The fourth-order valence-corrected chi connectivity index (χ4v) is 1.62. The second-order valence-corrected chi connectivity index (χ2v) is 3.54. The average molecular weight is 214 g/mol. The lowest BCUT2D eigenvalue weighted by atomic mass is 10.2. The summed E-state index contributed by atoms with van der Waals surface area (Å²) in [5.74, 6) is 0.951. The van der Waals surface area contributed by atoms with E-state index in [9.17, 15) is 0 Å². The van der Waals surface area contributed by atoms with Gasteiger partial charge < -0.3 is 4.90 Å². The van der Waals surface area contributed by atoms with E-state index in [0.717, 1.165) is 30.2 Å². The molecular weight excluding hydrogens is 198 g/mol. The van der Waals surface area contributed by atoms with Gasteiger partial charge in [0.25, 0.3) is 0 Å². The van der Waals surface area contributed by atoms with Crippen molar-refractivity contribution in [3.8, 4) is 0 Å². The minimum absolute atomic E-state index is 0.329. The number of halogens is 1. The Balaban J connectivity index is 3.18. The van der Waals surface area contributed by atoms with Gasteiger partial charge in [-0.05, 0) is 39.3 Å². The van der Waals surface area contributed by atoms with Gasteiger partial charge >= 0.3 is 0 Å². The Hall–Kier alpha value is -0.830. The molecule has 0 radical (unpaired) electrons. The highest BCUT2D eigenvalue weighted by Gasteiger charge is 2.11. The summed E-state index contributed by atoms with van der Waals surface area (Å²) >= 11 is 5.83. The van der Waals surface area contributed by atoms with Crippen LogP contribution in [0.1, 0.15) is 25.1 Å². The Kier molecular flexibility index (Phi) is 3.69. The van der Waals surface area contributed by atoms with Gasteiger partial charge in [-0.15, -0.1) is 0 Å². The monoisotopic (exact) mass is 213 g/mol. The zero-order chi connectivity index (χ0) is 10.7. The molecule has 0 aliphatic rings. The third-order valence-electron chi connectivity index (χ3n) is 2.40. The molecule has 0 spiro atoms. The zero-order valence-electron chi connectivity index (χ0n) is 9.13. The van der Waals surface area contributed by atoms with Crippen molar-refractivity contribution in [1.29, 1.82) is 0 Å². The quantitative estimate of drug-likeness (QED) is 0.723. The molecule has 4 heteroatoms. The first-order valence-corrected chi connectivity index (χ1v) is 5.23. The van der Waals surface area contributed by atoms with Crippen molar-refractivity contribution in [3.63, 3.8) is 0 Å². The molecule has 0 unspecified atom stereocenters. The highest BCUT2D eigenvalue weighted by molar-refractivity contribution is 6.28. The van der Waals surface area contributed by atoms with E-state index in [-0.39, 0.29) is 0 Å².